The molecule has 0 fully saturated rings. The summed E-state index contributed by atoms with van der Waals surface area (Å²) in [6.07, 6.45) is 4.31. The minimum atomic E-state index is -0.733. The molecule has 0 aliphatic rings. The normalized spacial score (nSPS) is 12.2. The Morgan fingerprint density at radius 3 is 2.93 bits per heavy atom. The predicted octanol–water partition coefficient (Wildman–Crippen LogP) is 1.23. The fraction of sp³-hybridized carbons (Fsp3) is 0.364. The Balaban J connectivity index is 2.39. The van der Waals surface area contributed by atoms with Crippen molar-refractivity contribution in [2.24, 2.45) is 0 Å². The third-order valence-electron chi connectivity index (χ3n) is 2.15. The van der Waals surface area contributed by atoms with E-state index in [1.807, 2.05) is 28.9 Å². The van der Waals surface area contributed by atoms with Crippen LogP contribution in [-0.2, 0) is 6.42 Å². The molecule has 80 valence electrons. The van der Waals surface area contributed by atoms with E-state index in [-0.39, 0.29) is 0 Å². The Hall–Kier alpha value is -1.55. The molecular weight excluding hydrogens is 190 g/mol. The predicted molar refractivity (Wildman–Crippen MR) is 59.6 cm³/mol. The van der Waals surface area contributed by atoms with Gasteiger partial charge in [0.25, 0.3) is 0 Å². The molecule has 2 heterocycles. The average Bonchev–Trinajstić information content (AvgIpc) is 2.42. The third kappa shape index (κ3) is 2.27. The first-order chi connectivity index (χ1) is 6.94. The summed E-state index contributed by atoms with van der Waals surface area (Å²) in [6, 6.07) is 3.64. The smallest absolute Gasteiger partial charge is 0.139 e. The van der Waals surface area contributed by atoms with E-state index in [4.69, 9.17) is 5.73 Å². The van der Waals surface area contributed by atoms with Gasteiger partial charge in [0.2, 0.25) is 0 Å². The van der Waals surface area contributed by atoms with Crippen molar-refractivity contribution < 1.29 is 5.11 Å². The van der Waals surface area contributed by atoms with Gasteiger partial charge in [-0.2, -0.15) is 0 Å². The van der Waals surface area contributed by atoms with E-state index in [1.54, 1.807) is 13.8 Å². The fourth-order valence-electron chi connectivity index (χ4n) is 1.58. The lowest BCUT2D eigenvalue weighted by molar-refractivity contribution is 0.0801. The maximum absolute atomic E-state index is 9.68. The summed E-state index contributed by atoms with van der Waals surface area (Å²) in [5.41, 5.74) is 7.30. The van der Waals surface area contributed by atoms with Crippen molar-refractivity contribution in [3.63, 3.8) is 0 Å². The summed E-state index contributed by atoms with van der Waals surface area (Å²) in [5, 5.41) is 9.68. The summed E-state index contributed by atoms with van der Waals surface area (Å²) < 4.78 is 1.90. The molecule has 4 nitrogen and oxygen atoms in total. The highest BCUT2D eigenvalue weighted by Gasteiger charge is 2.15. The summed E-state index contributed by atoms with van der Waals surface area (Å²) in [7, 11) is 0. The summed E-state index contributed by atoms with van der Waals surface area (Å²) in [4.78, 5) is 4.38. The molecule has 0 bridgehead atoms. The first-order valence-corrected chi connectivity index (χ1v) is 4.89. The van der Waals surface area contributed by atoms with Gasteiger partial charge in [0.15, 0.2) is 0 Å². The van der Waals surface area contributed by atoms with Crippen LogP contribution in [0.3, 0.4) is 0 Å². The fourth-order valence-corrected chi connectivity index (χ4v) is 1.58. The van der Waals surface area contributed by atoms with Crippen molar-refractivity contribution in [1.82, 2.24) is 9.38 Å². The van der Waals surface area contributed by atoms with E-state index in [0.717, 1.165) is 11.3 Å². The van der Waals surface area contributed by atoms with Crippen molar-refractivity contribution in [2.75, 3.05) is 5.73 Å². The second kappa shape index (κ2) is 3.24. The van der Waals surface area contributed by atoms with Crippen LogP contribution in [0.5, 0.6) is 0 Å². The van der Waals surface area contributed by atoms with Gasteiger partial charge in [0, 0.05) is 30.6 Å². The molecule has 0 aromatic carbocycles. The van der Waals surface area contributed by atoms with Crippen LogP contribution >= 0.6 is 0 Å². The Kier molecular flexibility index (Phi) is 2.16. The van der Waals surface area contributed by atoms with Crippen molar-refractivity contribution in [3.8, 4) is 0 Å². The molecule has 15 heavy (non-hydrogen) atoms. The lowest BCUT2D eigenvalue weighted by Crippen LogP contribution is -2.21. The molecule has 0 unspecified atom stereocenters. The number of imidazole rings is 1. The number of hydrogen-bond acceptors (Lipinski definition) is 3. The van der Waals surface area contributed by atoms with Crippen LogP contribution < -0.4 is 5.73 Å². The highest BCUT2D eigenvalue weighted by atomic mass is 16.3. The maximum atomic E-state index is 9.68. The number of aromatic nitrogens is 2. The standard InChI is InChI=1S/C11H15N3O/c1-11(2,15)6-9-7-14-4-3-8(12)5-10(14)13-9/h3-5,7,15H,6,12H2,1-2H3. The van der Waals surface area contributed by atoms with Gasteiger partial charge in [-0.3, -0.25) is 0 Å². The molecule has 0 radical (unpaired) electrons. The lowest BCUT2D eigenvalue weighted by Gasteiger charge is -2.14. The Morgan fingerprint density at radius 2 is 2.27 bits per heavy atom. The molecule has 0 spiro atoms. The van der Waals surface area contributed by atoms with Gasteiger partial charge in [-0.25, -0.2) is 4.98 Å². The number of fused-ring (bicyclic) bond motifs is 1. The quantitative estimate of drug-likeness (QED) is 0.775. The first kappa shape index (κ1) is 9.98. The van der Waals surface area contributed by atoms with Crippen LogP contribution in [0.1, 0.15) is 19.5 Å². The Morgan fingerprint density at radius 1 is 1.53 bits per heavy atom. The largest absolute Gasteiger partial charge is 0.399 e. The van der Waals surface area contributed by atoms with Gasteiger partial charge in [0.05, 0.1) is 11.3 Å². The molecule has 0 saturated heterocycles. The molecule has 2 rings (SSSR count). The number of nitrogens with two attached hydrogens (primary N) is 1. The van der Waals surface area contributed by atoms with Gasteiger partial charge >= 0.3 is 0 Å². The minimum absolute atomic E-state index is 0.536. The van der Waals surface area contributed by atoms with E-state index in [1.165, 1.54) is 0 Å². The van der Waals surface area contributed by atoms with E-state index in [9.17, 15) is 5.11 Å². The zero-order valence-electron chi connectivity index (χ0n) is 8.94. The monoisotopic (exact) mass is 205 g/mol. The topological polar surface area (TPSA) is 63.5 Å². The molecule has 2 aromatic rings. The van der Waals surface area contributed by atoms with Crippen LogP contribution in [0.4, 0.5) is 5.69 Å². The summed E-state index contributed by atoms with van der Waals surface area (Å²) >= 11 is 0. The highest BCUT2D eigenvalue weighted by Crippen LogP contribution is 2.14. The van der Waals surface area contributed by atoms with Gasteiger partial charge in [-0.05, 0) is 19.9 Å². The van der Waals surface area contributed by atoms with E-state index >= 15 is 0 Å². The first-order valence-electron chi connectivity index (χ1n) is 4.89. The SMILES string of the molecule is CC(C)(O)Cc1cn2ccc(N)cc2n1. The van der Waals surface area contributed by atoms with Crippen LogP contribution in [0, 0.1) is 0 Å². The zero-order chi connectivity index (χ0) is 11.1. The molecule has 0 aliphatic carbocycles. The van der Waals surface area contributed by atoms with Crippen molar-refractivity contribution in [1.29, 1.82) is 0 Å². The number of hydrogen-bond donors (Lipinski definition) is 2. The van der Waals surface area contributed by atoms with Crippen molar-refractivity contribution in [3.05, 3.63) is 30.2 Å². The number of nitrogens with zero attached hydrogens (tertiary/aromatic N) is 2. The van der Waals surface area contributed by atoms with E-state index in [2.05, 4.69) is 4.98 Å². The Bertz CT molecular complexity index is 482. The summed E-state index contributed by atoms with van der Waals surface area (Å²) in [6.45, 7) is 3.54. The summed E-state index contributed by atoms with van der Waals surface area (Å²) in [5.74, 6) is 0. The number of aliphatic hydroxyl groups is 1. The number of nitrogen functional groups attached to an aromatic ring is 1. The second-order valence-corrected chi connectivity index (χ2v) is 4.45. The van der Waals surface area contributed by atoms with Crippen LogP contribution in [-0.4, -0.2) is 20.1 Å². The van der Waals surface area contributed by atoms with Gasteiger partial charge < -0.3 is 15.2 Å². The molecule has 2 aromatic heterocycles. The van der Waals surface area contributed by atoms with Gasteiger partial charge in [0.1, 0.15) is 5.65 Å². The zero-order valence-corrected chi connectivity index (χ0v) is 8.94. The maximum Gasteiger partial charge on any atom is 0.139 e. The molecular formula is C11H15N3O. The number of pyridine rings is 1. The van der Waals surface area contributed by atoms with Crippen molar-refractivity contribution in [2.45, 2.75) is 25.9 Å². The van der Waals surface area contributed by atoms with Crippen LogP contribution in [0.25, 0.3) is 5.65 Å². The third-order valence-corrected chi connectivity index (χ3v) is 2.15. The minimum Gasteiger partial charge on any atom is -0.399 e. The van der Waals surface area contributed by atoms with Crippen LogP contribution in [0.2, 0.25) is 0 Å². The molecule has 0 atom stereocenters. The second-order valence-electron chi connectivity index (χ2n) is 4.45. The molecule has 0 saturated carbocycles. The van der Waals surface area contributed by atoms with Gasteiger partial charge in [-0.15, -0.1) is 0 Å². The molecule has 3 N–H and O–H groups in total. The van der Waals surface area contributed by atoms with Gasteiger partial charge in [-0.1, -0.05) is 0 Å². The number of rotatable bonds is 2. The van der Waals surface area contributed by atoms with E-state index in [0.29, 0.717) is 12.1 Å². The number of anilines is 1. The van der Waals surface area contributed by atoms with Crippen molar-refractivity contribution >= 4 is 11.3 Å². The Labute approximate surface area is 88.4 Å². The van der Waals surface area contributed by atoms with E-state index < -0.39 is 5.60 Å². The molecule has 0 amide bonds. The average molecular weight is 205 g/mol. The van der Waals surface area contributed by atoms with Crippen LogP contribution in [0.15, 0.2) is 24.5 Å². The molecule has 4 heteroatoms. The highest BCUT2D eigenvalue weighted by molar-refractivity contribution is 5.52. The molecule has 0 aliphatic heterocycles. The lowest BCUT2D eigenvalue weighted by atomic mass is 10.0.